The molecule has 26 heavy (non-hydrogen) atoms. The topological polar surface area (TPSA) is 97.4 Å². The summed E-state index contributed by atoms with van der Waals surface area (Å²) in [5.41, 5.74) is 1.10. The molecule has 7 nitrogen and oxygen atoms in total. The number of rotatable bonds is 6. The Kier molecular flexibility index (Phi) is 5.21. The van der Waals surface area contributed by atoms with Gasteiger partial charge in [0.2, 0.25) is 10.0 Å². The van der Waals surface area contributed by atoms with Crippen LogP contribution >= 0.6 is 11.3 Å². The Bertz CT molecular complexity index is 1040. The molecule has 136 valence electrons. The number of thiazole rings is 1. The highest BCUT2D eigenvalue weighted by atomic mass is 32.2. The van der Waals surface area contributed by atoms with Crippen LogP contribution in [0.3, 0.4) is 0 Å². The minimum Gasteiger partial charge on any atom is -0.494 e. The molecule has 0 saturated carbocycles. The van der Waals surface area contributed by atoms with Gasteiger partial charge in [-0.25, -0.2) is 18.1 Å². The number of carbonyl (C=O) groups excluding carboxylic acids is 1. The van der Waals surface area contributed by atoms with Gasteiger partial charge in [-0.05, 0) is 56.4 Å². The van der Waals surface area contributed by atoms with Crippen molar-refractivity contribution in [2.45, 2.75) is 11.8 Å². The maximum Gasteiger partial charge on any atom is 0.257 e. The molecule has 2 aromatic carbocycles. The summed E-state index contributed by atoms with van der Waals surface area (Å²) >= 11 is 1.21. The highest BCUT2D eigenvalue weighted by Gasteiger charge is 2.15. The molecule has 0 spiro atoms. The first-order valence-electron chi connectivity index (χ1n) is 7.81. The van der Waals surface area contributed by atoms with Crippen molar-refractivity contribution in [1.82, 2.24) is 9.71 Å². The van der Waals surface area contributed by atoms with Gasteiger partial charge in [-0.2, -0.15) is 0 Å². The fraction of sp³-hybridized carbons (Fsp3) is 0.176. The molecular formula is C17H17N3O4S2. The maximum absolute atomic E-state index is 12.3. The molecule has 3 aromatic rings. The third kappa shape index (κ3) is 3.85. The molecular weight excluding hydrogens is 374 g/mol. The van der Waals surface area contributed by atoms with Crippen LogP contribution in [0.25, 0.3) is 10.2 Å². The zero-order valence-electron chi connectivity index (χ0n) is 14.1. The molecule has 9 heteroatoms. The molecule has 0 aliphatic carbocycles. The largest absolute Gasteiger partial charge is 0.494 e. The van der Waals surface area contributed by atoms with Crippen molar-refractivity contribution in [1.29, 1.82) is 0 Å². The predicted molar refractivity (Wildman–Crippen MR) is 101 cm³/mol. The van der Waals surface area contributed by atoms with Crippen LogP contribution in [-0.4, -0.2) is 33.0 Å². The van der Waals surface area contributed by atoms with Gasteiger partial charge in [0.15, 0.2) is 5.13 Å². The molecule has 1 heterocycles. The molecule has 0 atom stereocenters. The second-order valence-electron chi connectivity index (χ2n) is 5.27. The van der Waals surface area contributed by atoms with Crippen LogP contribution in [0.2, 0.25) is 0 Å². The number of anilines is 1. The van der Waals surface area contributed by atoms with E-state index in [1.165, 1.54) is 30.5 Å². The summed E-state index contributed by atoms with van der Waals surface area (Å²) in [5, 5.41) is 3.13. The number of nitrogens with one attached hydrogen (secondary N) is 2. The van der Waals surface area contributed by atoms with E-state index in [2.05, 4.69) is 15.0 Å². The van der Waals surface area contributed by atoms with E-state index in [9.17, 15) is 13.2 Å². The Hall–Kier alpha value is -2.49. The van der Waals surface area contributed by atoms with Crippen LogP contribution in [-0.2, 0) is 10.0 Å². The van der Waals surface area contributed by atoms with Gasteiger partial charge in [0.1, 0.15) is 5.75 Å². The zero-order chi connectivity index (χ0) is 18.7. The molecule has 2 N–H and O–H groups in total. The van der Waals surface area contributed by atoms with E-state index in [-0.39, 0.29) is 10.8 Å². The van der Waals surface area contributed by atoms with Gasteiger partial charge in [0, 0.05) is 5.56 Å². The molecule has 0 saturated heterocycles. The van der Waals surface area contributed by atoms with Crippen molar-refractivity contribution in [3.8, 4) is 5.75 Å². The molecule has 0 radical (unpaired) electrons. The van der Waals surface area contributed by atoms with Crippen molar-refractivity contribution in [2.75, 3.05) is 19.0 Å². The van der Waals surface area contributed by atoms with Crippen LogP contribution in [0, 0.1) is 0 Å². The van der Waals surface area contributed by atoms with Crippen LogP contribution in [0.1, 0.15) is 17.3 Å². The van der Waals surface area contributed by atoms with E-state index in [0.29, 0.717) is 33.3 Å². The van der Waals surface area contributed by atoms with E-state index in [1.807, 2.05) is 6.92 Å². The summed E-state index contributed by atoms with van der Waals surface area (Å²) in [7, 11) is -2.17. The Morgan fingerprint density at radius 2 is 1.92 bits per heavy atom. The zero-order valence-corrected chi connectivity index (χ0v) is 15.8. The molecule has 1 aromatic heterocycles. The Morgan fingerprint density at radius 1 is 1.19 bits per heavy atom. The molecule has 0 fully saturated rings. The normalized spacial score (nSPS) is 11.5. The molecule has 0 aliphatic rings. The standard InChI is InChI=1S/C17H17N3O4S2/c1-3-24-12-6-4-11(5-7-12)16(21)20-17-19-14-9-8-13(10-15(14)25-17)26(22,23)18-2/h4-10,18H,3H2,1-2H3,(H,19,20,21). The lowest BCUT2D eigenvalue weighted by atomic mass is 10.2. The Labute approximate surface area is 155 Å². The first-order valence-corrected chi connectivity index (χ1v) is 10.1. The van der Waals surface area contributed by atoms with Gasteiger partial charge in [0.05, 0.1) is 21.7 Å². The first kappa shape index (κ1) is 18.3. The number of hydrogen-bond donors (Lipinski definition) is 2. The lowest BCUT2D eigenvalue weighted by molar-refractivity contribution is 0.102. The van der Waals surface area contributed by atoms with E-state index in [0.717, 1.165) is 0 Å². The minimum absolute atomic E-state index is 0.153. The summed E-state index contributed by atoms with van der Waals surface area (Å²) in [6.07, 6.45) is 0. The van der Waals surface area contributed by atoms with Crippen LogP contribution in [0.15, 0.2) is 47.4 Å². The smallest absolute Gasteiger partial charge is 0.257 e. The van der Waals surface area contributed by atoms with Crippen LogP contribution in [0.5, 0.6) is 5.75 Å². The fourth-order valence-electron chi connectivity index (χ4n) is 2.28. The van der Waals surface area contributed by atoms with Crippen molar-refractivity contribution in [2.24, 2.45) is 0 Å². The third-order valence-electron chi connectivity index (χ3n) is 3.59. The number of aromatic nitrogens is 1. The lowest BCUT2D eigenvalue weighted by Crippen LogP contribution is -2.18. The van der Waals surface area contributed by atoms with Crippen molar-refractivity contribution >= 4 is 42.6 Å². The number of nitrogens with zero attached hydrogens (tertiary/aromatic N) is 1. The summed E-state index contributed by atoms with van der Waals surface area (Å²) < 4.78 is 32.1. The number of benzene rings is 2. The molecule has 1 amide bonds. The van der Waals surface area contributed by atoms with Crippen molar-refractivity contribution in [3.63, 3.8) is 0 Å². The lowest BCUT2D eigenvalue weighted by Gasteiger charge is -2.04. The highest BCUT2D eigenvalue weighted by molar-refractivity contribution is 7.89. The molecule has 0 bridgehead atoms. The Balaban J connectivity index is 1.81. The molecule has 3 rings (SSSR count). The SMILES string of the molecule is CCOc1ccc(C(=O)Nc2nc3ccc(S(=O)(=O)NC)cc3s2)cc1. The van der Waals surface area contributed by atoms with Gasteiger partial charge < -0.3 is 4.74 Å². The Morgan fingerprint density at radius 3 is 2.58 bits per heavy atom. The van der Waals surface area contributed by atoms with E-state index < -0.39 is 10.0 Å². The van der Waals surface area contributed by atoms with Crippen molar-refractivity contribution < 1.29 is 17.9 Å². The van der Waals surface area contributed by atoms with Crippen LogP contribution < -0.4 is 14.8 Å². The maximum atomic E-state index is 12.3. The van der Waals surface area contributed by atoms with E-state index in [1.54, 1.807) is 30.3 Å². The van der Waals surface area contributed by atoms with E-state index >= 15 is 0 Å². The third-order valence-corrected chi connectivity index (χ3v) is 5.93. The minimum atomic E-state index is -3.53. The number of amides is 1. The number of ether oxygens (including phenoxy) is 1. The number of sulfonamides is 1. The van der Waals surface area contributed by atoms with Crippen molar-refractivity contribution in [3.05, 3.63) is 48.0 Å². The van der Waals surface area contributed by atoms with Crippen LogP contribution in [0.4, 0.5) is 5.13 Å². The second-order valence-corrected chi connectivity index (χ2v) is 8.18. The van der Waals surface area contributed by atoms with Gasteiger partial charge in [0.25, 0.3) is 5.91 Å². The summed E-state index contributed by atoms with van der Waals surface area (Å²) in [6.45, 7) is 2.45. The first-order chi connectivity index (χ1) is 12.4. The summed E-state index contributed by atoms with van der Waals surface area (Å²) in [5.74, 6) is 0.400. The van der Waals surface area contributed by atoms with E-state index in [4.69, 9.17) is 4.74 Å². The van der Waals surface area contributed by atoms with Gasteiger partial charge in [-0.3, -0.25) is 10.1 Å². The number of fused-ring (bicyclic) bond motifs is 1. The summed E-state index contributed by atoms with van der Waals surface area (Å²) in [6, 6.07) is 11.4. The average molecular weight is 391 g/mol. The second kappa shape index (κ2) is 7.40. The highest BCUT2D eigenvalue weighted by Crippen LogP contribution is 2.28. The van der Waals surface area contributed by atoms with Gasteiger partial charge in [-0.1, -0.05) is 11.3 Å². The predicted octanol–water partition coefficient (Wildman–Crippen LogP) is 2.86. The monoisotopic (exact) mass is 391 g/mol. The average Bonchev–Trinajstić information content (AvgIpc) is 3.04. The number of carbonyl (C=O) groups is 1. The number of hydrogen-bond acceptors (Lipinski definition) is 6. The molecule has 0 aliphatic heterocycles. The summed E-state index contributed by atoms with van der Waals surface area (Å²) in [4.78, 5) is 16.8. The fourth-order valence-corrected chi connectivity index (χ4v) is 4.01. The van der Waals surface area contributed by atoms with Gasteiger partial charge >= 0.3 is 0 Å². The van der Waals surface area contributed by atoms with Gasteiger partial charge in [-0.15, -0.1) is 0 Å². The molecule has 0 unspecified atom stereocenters. The quantitative estimate of drug-likeness (QED) is 0.673.